The molecule has 27 heavy (non-hydrogen) atoms. The van der Waals surface area contributed by atoms with Crippen LogP contribution in [0.4, 0.5) is 5.69 Å². The number of fused-ring (bicyclic) bond motifs is 1. The smallest absolute Gasteiger partial charge is 0.250 e. The van der Waals surface area contributed by atoms with Gasteiger partial charge in [-0.05, 0) is 18.6 Å². The zero-order chi connectivity index (χ0) is 19.8. The number of anilines is 1. The Morgan fingerprint density at radius 3 is 2.70 bits per heavy atom. The normalized spacial score (nSPS) is 26.1. The molecule has 3 rings (SSSR count). The zero-order valence-electron chi connectivity index (χ0n) is 15.8. The van der Waals surface area contributed by atoms with Gasteiger partial charge in [0.25, 0.3) is 5.91 Å². The number of amides is 1. The second kappa shape index (κ2) is 7.71. The van der Waals surface area contributed by atoms with Crippen LogP contribution in [0.3, 0.4) is 0 Å². The standard InChI is InChI=1S/C18H24N2O5S2/c1-5-11(2)17(21)19-18-20(14-9-27(22,23)10-16(14)26-18)13-8-12(24-3)6-7-15(13)25-4/h6-8,11,14,16H,5,9-10H2,1-4H3/t11-,14+,16+/m0/s1. The molecule has 0 aromatic heterocycles. The lowest BCUT2D eigenvalue weighted by molar-refractivity contribution is -0.121. The van der Waals surface area contributed by atoms with Gasteiger partial charge in [-0.15, -0.1) is 0 Å². The van der Waals surface area contributed by atoms with Gasteiger partial charge in [-0.1, -0.05) is 25.6 Å². The number of carbonyl (C=O) groups excluding carboxylic acids is 1. The van der Waals surface area contributed by atoms with Crippen LogP contribution in [0.2, 0.25) is 0 Å². The summed E-state index contributed by atoms with van der Waals surface area (Å²) >= 11 is 1.35. The van der Waals surface area contributed by atoms with Crippen LogP contribution in [0.25, 0.3) is 0 Å². The molecular weight excluding hydrogens is 388 g/mol. The predicted octanol–water partition coefficient (Wildman–Crippen LogP) is 2.35. The van der Waals surface area contributed by atoms with Crippen molar-refractivity contribution in [2.45, 2.75) is 31.6 Å². The molecule has 0 unspecified atom stereocenters. The minimum absolute atomic E-state index is 0.0293. The fourth-order valence-corrected chi connectivity index (χ4v) is 7.12. The number of methoxy groups -OCH3 is 2. The number of thioether (sulfide) groups is 1. The number of aliphatic imine (C=N–C) groups is 1. The van der Waals surface area contributed by atoms with E-state index in [1.165, 1.54) is 11.8 Å². The van der Waals surface area contributed by atoms with Gasteiger partial charge < -0.3 is 14.4 Å². The number of hydrogen-bond acceptors (Lipinski definition) is 6. The van der Waals surface area contributed by atoms with Crippen molar-refractivity contribution >= 4 is 38.4 Å². The summed E-state index contributed by atoms with van der Waals surface area (Å²) in [6, 6.07) is 5.04. The monoisotopic (exact) mass is 412 g/mol. The molecule has 0 bridgehead atoms. The second-order valence-corrected chi connectivity index (χ2v) is 10.1. The molecule has 2 aliphatic rings. The Kier molecular flexibility index (Phi) is 5.71. The van der Waals surface area contributed by atoms with Gasteiger partial charge >= 0.3 is 0 Å². The quantitative estimate of drug-likeness (QED) is 0.734. The molecule has 0 saturated carbocycles. The first-order chi connectivity index (χ1) is 12.8. The molecule has 2 heterocycles. The third-order valence-electron chi connectivity index (χ3n) is 4.95. The maximum Gasteiger partial charge on any atom is 0.250 e. The summed E-state index contributed by atoms with van der Waals surface area (Å²) in [5, 5.41) is 0.367. The topological polar surface area (TPSA) is 85.3 Å². The fourth-order valence-electron chi connectivity index (χ4n) is 3.21. The molecule has 2 fully saturated rings. The van der Waals surface area contributed by atoms with Gasteiger partial charge in [0.15, 0.2) is 15.0 Å². The SMILES string of the molecule is CC[C@H](C)C(=O)N=C1S[C@@H]2CS(=O)(=O)C[C@H]2N1c1cc(OC)ccc1OC. The lowest BCUT2D eigenvalue weighted by Gasteiger charge is -2.26. The van der Waals surface area contributed by atoms with Crippen LogP contribution in [-0.2, 0) is 14.6 Å². The Morgan fingerprint density at radius 1 is 1.33 bits per heavy atom. The number of sulfone groups is 1. The first-order valence-corrected chi connectivity index (χ1v) is 11.5. The van der Waals surface area contributed by atoms with Gasteiger partial charge in [-0.25, -0.2) is 8.42 Å². The predicted molar refractivity (Wildman–Crippen MR) is 108 cm³/mol. The number of amidine groups is 1. The van der Waals surface area contributed by atoms with E-state index >= 15 is 0 Å². The Balaban J connectivity index is 2.09. The van der Waals surface area contributed by atoms with Gasteiger partial charge in [0.1, 0.15) is 11.5 Å². The van der Waals surface area contributed by atoms with Crippen LogP contribution in [0.5, 0.6) is 11.5 Å². The molecule has 2 aliphatic heterocycles. The van der Waals surface area contributed by atoms with E-state index in [4.69, 9.17) is 9.47 Å². The maximum absolute atomic E-state index is 12.4. The highest BCUT2D eigenvalue weighted by Gasteiger charge is 2.50. The van der Waals surface area contributed by atoms with Crippen molar-refractivity contribution in [2.75, 3.05) is 30.6 Å². The molecule has 1 aromatic rings. The highest BCUT2D eigenvalue weighted by atomic mass is 32.2. The fraction of sp³-hybridized carbons (Fsp3) is 0.556. The molecule has 1 aromatic carbocycles. The van der Waals surface area contributed by atoms with Gasteiger partial charge in [0, 0.05) is 17.2 Å². The van der Waals surface area contributed by atoms with E-state index in [1.807, 2.05) is 18.7 Å². The van der Waals surface area contributed by atoms with E-state index < -0.39 is 9.84 Å². The molecule has 0 N–H and O–H groups in total. The summed E-state index contributed by atoms with van der Waals surface area (Å²) in [5.74, 6) is 0.923. The molecule has 9 heteroatoms. The second-order valence-electron chi connectivity index (χ2n) is 6.75. The van der Waals surface area contributed by atoms with E-state index in [2.05, 4.69) is 4.99 Å². The van der Waals surface area contributed by atoms with Crippen molar-refractivity contribution in [1.82, 2.24) is 0 Å². The van der Waals surface area contributed by atoms with Gasteiger partial charge in [0.2, 0.25) is 0 Å². The highest BCUT2D eigenvalue weighted by molar-refractivity contribution is 8.16. The third kappa shape index (κ3) is 3.94. The van der Waals surface area contributed by atoms with Gasteiger partial charge in [-0.2, -0.15) is 4.99 Å². The van der Waals surface area contributed by atoms with E-state index in [1.54, 1.807) is 32.4 Å². The molecule has 0 aliphatic carbocycles. The Hall–Kier alpha value is -1.74. The van der Waals surface area contributed by atoms with Crippen molar-refractivity contribution < 1.29 is 22.7 Å². The maximum atomic E-state index is 12.4. The summed E-state index contributed by atoms with van der Waals surface area (Å²) in [6.45, 7) is 3.78. The lowest BCUT2D eigenvalue weighted by Crippen LogP contribution is -2.38. The summed E-state index contributed by atoms with van der Waals surface area (Å²) in [4.78, 5) is 18.6. The first-order valence-electron chi connectivity index (χ1n) is 8.80. The molecule has 1 amide bonds. The number of ether oxygens (including phenoxy) is 2. The van der Waals surface area contributed by atoms with Crippen LogP contribution in [0.1, 0.15) is 20.3 Å². The van der Waals surface area contributed by atoms with Crippen molar-refractivity contribution in [3.63, 3.8) is 0 Å². The van der Waals surface area contributed by atoms with Crippen molar-refractivity contribution in [3.8, 4) is 11.5 Å². The van der Waals surface area contributed by atoms with Gasteiger partial charge in [-0.3, -0.25) is 4.79 Å². The number of nitrogens with zero attached hydrogens (tertiary/aromatic N) is 2. The molecular formula is C18H24N2O5S2. The number of benzene rings is 1. The molecule has 7 nitrogen and oxygen atoms in total. The van der Waals surface area contributed by atoms with Crippen LogP contribution in [0, 0.1) is 5.92 Å². The Labute approximate surface area is 164 Å². The third-order valence-corrected chi connectivity index (χ3v) is 8.16. The van der Waals surface area contributed by atoms with Crippen molar-refractivity contribution in [2.24, 2.45) is 10.9 Å². The summed E-state index contributed by atoms with van der Waals surface area (Å²) < 4.78 is 35.2. The summed E-state index contributed by atoms with van der Waals surface area (Å²) in [7, 11) is -0.0109. The van der Waals surface area contributed by atoms with E-state index in [9.17, 15) is 13.2 Å². The van der Waals surface area contributed by atoms with Crippen molar-refractivity contribution in [3.05, 3.63) is 18.2 Å². The average molecular weight is 413 g/mol. The summed E-state index contributed by atoms with van der Waals surface area (Å²) in [6.07, 6.45) is 0.698. The molecule has 2 saturated heterocycles. The molecule has 0 radical (unpaired) electrons. The largest absolute Gasteiger partial charge is 0.497 e. The number of carbonyl (C=O) groups is 1. The van der Waals surface area contributed by atoms with Crippen LogP contribution < -0.4 is 14.4 Å². The van der Waals surface area contributed by atoms with E-state index in [0.717, 1.165) is 0 Å². The van der Waals surface area contributed by atoms with Crippen LogP contribution >= 0.6 is 11.8 Å². The van der Waals surface area contributed by atoms with Crippen LogP contribution in [0.15, 0.2) is 23.2 Å². The highest BCUT2D eigenvalue weighted by Crippen LogP contribution is 2.45. The van der Waals surface area contributed by atoms with Crippen molar-refractivity contribution in [1.29, 1.82) is 0 Å². The minimum atomic E-state index is -3.13. The summed E-state index contributed by atoms with van der Waals surface area (Å²) in [5.41, 5.74) is 0.657. The average Bonchev–Trinajstić information content (AvgIpc) is 3.10. The number of rotatable bonds is 5. The Morgan fingerprint density at radius 2 is 2.07 bits per heavy atom. The lowest BCUT2D eigenvalue weighted by atomic mass is 10.1. The number of hydrogen-bond donors (Lipinski definition) is 0. The zero-order valence-corrected chi connectivity index (χ0v) is 17.5. The van der Waals surface area contributed by atoms with Crippen LogP contribution in [-0.4, -0.2) is 56.5 Å². The molecule has 3 atom stereocenters. The van der Waals surface area contributed by atoms with E-state index in [0.29, 0.717) is 28.8 Å². The first kappa shape index (κ1) is 20.0. The molecule has 0 spiro atoms. The van der Waals surface area contributed by atoms with Gasteiger partial charge in [0.05, 0.1) is 37.5 Å². The van der Waals surface area contributed by atoms with E-state index in [-0.39, 0.29) is 34.6 Å². The molecule has 148 valence electrons. The minimum Gasteiger partial charge on any atom is -0.497 e. The Bertz CT molecular complexity index is 869.